The highest BCUT2D eigenvalue weighted by molar-refractivity contribution is 14.1. The SMILES string of the molecule is CC(=O)CNc1c(I)c(NC(C)=O)c(I)c(C(=O)N[C@@H](CO)[C@@H](O)[C@H](O)[C@H](O)CO)c1I. The van der Waals surface area contributed by atoms with E-state index in [2.05, 4.69) is 16.0 Å². The first kappa shape index (κ1) is 29.7. The van der Waals surface area contributed by atoms with Crippen LogP contribution in [0.1, 0.15) is 24.2 Å². The Morgan fingerprint density at radius 1 is 0.875 bits per heavy atom. The molecule has 0 saturated heterocycles. The van der Waals surface area contributed by atoms with Crippen molar-refractivity contribution in [3.05, 3.63) is 16.3 Å². The maximum absolute atomic E-state index is 13.1. The monoisotopic (exact) mass is 791 g/mol. The molecule has 4 atom stereocenters. The van der Waals surface area contributed by atoms with Crippen molar-refractivity contribution in [2.75, 3.05) is 30.4 Å². The highest BCUT2D eigenvalue weighted by atomic mass is 127. The molecule has 8 N–H and O–H groups in total. The van der Waals surface area contributed by atoms with Gasteiger partial charge in [0.25, 0.3) is 5.91 Å². The predicted molar refractivity (Wildman–Crippen MR) is 142 cm³/mol. The summed E-state index contributed by atoms with van der Waals surface area (Å²) in [4.78, 5) is 36.3. The van der Waals surface area contributed by atoms with Crippen molar-refractivity contribution in [2.45, 2.75) is 38.2 Å². The maximum atomic E-state index is 13.1. The van der Waals surface area contributed by atoms with Crippen molar-refractivity contribution < 1.29 is 39.9 Å². The lowest BCUT2D eigenvalue weighted by Gasteiger charge is -2.29. The standard InChI is InChI=1S/C18H24I3N3O8/c1-6(27)3-22-14-11(19)10(12(20)15(13(14)21)23-7(2)28)18(32)24-8(4-25)16(30)17(31)9(29)5-26/h8-9,16-17,22,25-26,29-31H,3-5H2,1-2H3,(H,23,28)(H,24,32)/t8-,9+,16+,17+/m0/s1. The number of aliphatic hydroxyl groups excluding tert-OH is 5. The van der Waals surface area contributed by atoms with Gasteiger partial charge in [-0.3, -0.25) is 14.4 Å². The van der Waals surface area contributed by atoms with E-state index < -0.39 is 43.5 Å². The van der Waals surface area contributed by atoms with Gasteiger partial charge >= 0.3 is 0 Å². The summed E-state index contributed by atoms with van der Waals surface area (Å²) in [5, 5.41) is 56.2. The number of hydrogen-bond donors (Lipinski definition) is 8. The Hall–Kier alpha value is -0.380. The summed E-state index contributed by atoms with van der Waals surface area (Å²) in [5.41, 5.74) is 0.879. The Morgan fingerprint density at radius 3 is 1.91 bits per heavy atom. The van der Waals surface area contributed by atoms with Crippen LogP contribution in [0.3, 0.4) is 0 Å². The third kappa shape index (κ3) is 7.57. The highest BCUT2D eigenvalue weighted by Gasteiger charge is 2.33. The molecule has 2 amide bonds. The lowest BCUT2D eigenvalue weighted by atomic mass is 10.0. The van der Waals surface area contributed by atoms with Gasteiger partial charge in [-0.25, -0.2) is 0 Å². The largest absolute Gasteiger partial charge is 0.394 e. The van der Waals surface area contributed by atoms with Crippen molar-refractivity contribution >= 4 is 96.7 Å². The third-order valence-electron chi connectivity index (χ3n) is 4.22. The molecule has 0 aliphatic rings. The third-order valence-corrected chi connectivity index (χ3v) is 7.45. The van der Waals surface area contributed by atoms with Gasteiger partial charge in [0.15, 0.2) is 0 Å². The first-order valence-corrected chi connectivity index (χ1v) is 12.4. The maximum Gasteiger partial charge on any atom is 0.253 e. The Bertz CT molecular complexity index is 871. The normalized spacial score (nSPS) is 14.8. The van der Waals surface area contributed by atoms with E-state index in [1.165, 1.54) is 13.8 Å². The van der Waals surface area contributed by atoms with Crippen LogP contribution in [0.5, 0.6) is 0 Å². The molecule has 32 heavy (non-hydrogen) atoms. The number of ketones is 1. The number of hydrogen-bond acceptors (Lipinski definition) is 9. The number of carbonyl (C=O) groups is 3. The Kier molecular flexibility index (Phi) is 12.5. The smallest absolute Gasteiger partial charge is 0.253 e. The second kappa shape index (κ2) is 13.5. The van der Waals surface area contributed by atoms with Gasteiger partial charge in [-0.1, -0.05) is 0 Å². The number of rotatable bonds is 11. The van der Waals surface area contributed by atoms with Gasteiger partial charge in [0.1, 0.15) is 24.1 Å². The van der Waals surface area contributed by atoms with Crippen LogP contribution in [0, 0.1) is 10.7 Å². The molecule has 14 heteroatoms. The van der Waals surface area contributed by atoms with E-state index in [0.717, 1.165) is 0 Å². The number of anilines is 2. The van der Waals surface area contributed by atoms with Crippen LogP contribution < -0.4 is 16.0 Å². The molecule has 1 aromatic rings. The van der Waals surface area contributed by atoms with Gasteiger partial charge in [0.2, 0.25) is 5.91 Å². The molecule has 0 heterocycles. The van der Waals surface area contributed by atoms with Crippen LogP contribution in [0.15, 0.2) is 0 Å². The molecule has 1 rings (SSSR count). The molecule has 0 spiro atoms. The van der Waals surface area contributed by atoms with Crippen LogP contribution in [0.4, 0.5) is 11.4 Å². The zero-order chi connectivity index (χ0) is 24.7. The van der Waals surface area contributed by atoms with Crippen LogP contribution >= 0.6 is 67.8 Å². The summed E-state index contributed by atoms with van der Waals surface area (Å²) in [6.07, 6.45) is -5.28. The number of amides is 2. The second-order valence-corrected chi connectivity index (χ2v) is 10.0. The van der Waals surface area contributed by atoms with E-state index >= 15 is 0 Å². The Morgan fingerprint density at radius 2 is 1.44 bits per heavy atom. The van der Waals surface area contributed by atoms with E-state index in [4.69, 9.17) is 5.11 Å². The van der Waals surface area contributed by atoms with E-state index in [-0.39, 0.29) is 23.8 Å². The minimum atomic E-state index is -1.82. The predicted octanol–water partition coefficient (Wildman–Crippen LogP) is -0.375. The molecule has 0 radical (unpaired) electrons. The molecule has 0 aromatic heterocycles. The molecule has 11 nitrogen and oxygen atoms in total. The van der Waals surface area contributed by atoms with E-state index in [1.54, 1.807) is 0 Å². The molecule has 0 fully saturated rings. The molecule has 0 aliphatic heterocycles. The van der Waals surface area contributed by atoms with Crippen molar-refractivity contribution in [3.63, 3.8) is 0 Å². The Labute approximate surface area is 225 Å². The molecule has 0 saturated carbocycles. The van der Waals surface area contributed by atoms with Gasteiger partial charge in [0.05, 0.1) is 53.4 Å². The topological polar surface area (TPSA) is 188 Å². The molecule has 180 valence electrons. The molecule has 0 bridgehead atoms. The van der Waals surface area contributed by atoms with Gasteiger partial charge in [-0.05, 0) is 74.7 Å². The first-order chi connectivity index (χ1) is 14.9. The highest BCUT2D eigenvalue weighted by Crippen LogP contribution is 2.39. The number of nitrogens with one attached hydrogen (secondary N) is 3. The number of halogens is 3. The lowest BCUT2D eigenvalue weighted by Crippen LogP contribution is -2.54. The summed E-state index contributed by atoms with van der Waals surface area (Å²) in [7, 11) is 0. The second-order valence-electron chi connectivity index (χ2n) is 6.80. The van der Waals surface area contributed by atoms with Crippen LogP contribution in [-0.2, 0) is 9.59 Å². The number of Topliss-reactive ketones (excluding diaryl/α,β-unsaturated/α-hetero) is 1. The molecular weight excluding hydrogens is 767 g/mol. The van der Waals surface area contributed by atoms with Crippen molar-refractivity contribution in [2.24, 2.45) is 0 Å². The fourth-order valence-electron chi connectivity index (χ4n) is 2.57. The lowest BCUT2D eigenvalue weighted by molar-refractivity contribution is -0.115. The summed E-state index contributed by atoms with van der Waals surface area (Å²) in [6, 6.07) is -1.37. The molecule has 0 unspecified atom stereocenters. The summed E-state index contributed by atoms with van der Waals surface area (Å²) >= 11 is 5.77. The Balaban J connectivity index is 3.44. The molecule has 1 aromatic carbocycles. The molecular formula is C18H24I3N3O8. The zero-order valence-corrected chi connectivity index (χ0v) is 23.5. The van der Waals surface area contributed by atoms with E-state index in [0.29, 0.717) is 22.1 Å². The molecule has 0 aliphatic carbocycles. The minimum absolute atomic E-state index is 0.0175. The average Bonchev–Trinajstić information content (AvgIpc) is 2.72. The van der Waals surface area contributed by atoms with Gasteiger partial charge in [0, 0.05) is 6.92 Å². The number of benzene rings is 1. The van der Waals surface area contributed by atoms with E-state index in [1.807, 2.05) is 67.8 Å². The van der Waals surface area contributed by atoms with Crippen LogP contribution in [0.2, 0.25) is 0 Å². The minimum Gasteiger partial charge on any atom is -0.394 e. The van der Waals surface area contributed by atoms with Gasteiger partial charge < -0.3 is 41.5 Å². The number of carbonyl (C=O) groups excluding carboxylic acids is 3. The summed E-state index contributed by atoms with van der Waals surface area (Å²) < 4.78 is 1.37. The van der Waals surface area contributed by atoms with Crippen molar-refractivity contribution in [1.29, 1.82) is 0 Å². The fourth-order valence-corrected chi connectivity index (χ4v) is 6.88. The van der Waals surface area contributed by atoms with E-state index in [9.17, 15) is 34.8 Å². The summed E-state index contributed by atoms with van der Waals surface area (Å²) in [6.45, 7) is 1.08. The average molecular weight is 791 g/mol. The van der Waals surface area contributed by atoms with Gasteiger partial charge in [-0.15, -0.1) is 0 Å². The first-order valence-electron chi connectivity index (χ1n) is 9.15. The van der Waals surface area contributed by atoms with Crippen molar-refractivity contribution in [1.82, 2.24) is 5.32 Å². The summed E-state index contributed by atoms with van der Waals surface area (Å²) in [5.74, 6) is -1.27. The van der Waals surface area contributed by atoms with Gasteiger partial charge in [-0.2, -0.15) is 0 Å². The quantitative estimate of drug-likeness (QED) is 0.139. The van der Waals surface area contributed by atoms with Crippen LogP contribution in [0.25, 0.3) is 0 Å². The van der Waals surface area contributed by atoms with Crippen LogP contribution in [-0.4, -0.2) is 87.2 Å². The van der Waals surface area contributed by atoms with Crippen molar-refractivity contribution in [3.8, 4) is 0 Å². The zero-order valence-electron chi connectivity index (χ0n) is 17.0. The fraction of sp³-hybridized carbons (Fsp3) is 0.500. The number of aliphatic hydroxyl groups is 5.